The summed E-state index contributed by atoms with van der Waals surface area (Å²) in [5.74, 6) is 0.427. The molecule has 0 aliphatic carbocycles. The molecule has 2 rings (SSSR count). The van der Waals surface area contributed by atoms with Crippen molar-refractivity contribution in [2.24, 2.45) is 5.73 Å². The van der Waals surface area contributed by atoms with Crippen LogP contribution in [0.15, 0.2) is 24.3 Å². The number of anilines is 3. The van der Waals surface area contributed by atoms with Crippen molar-refractivity contribution >= 4 is 29.2 Å². The van der Waals surface area contributed by atoms with Crippen LogP contribution in [0.3, 0.4) is 0 Å². The average Bonchev–Trinajstić information content (AvgIpc) is 2.57. The van der Waals surface area contributed by atoms with Gasteiger partial charge < -0.3 is 16.8 Å². The van der Waals surface area contributed by atoms with Crippen molar-refractivity contribution in [1.29, 1.82) is 0 Å². The Morgan fingerprint density at radius 2 is 1.60 bits per heavy atom. The summed E-state index contributed by atoms with van der Waals surface area (Å²) in [7, 11) is 0. The highest BCUT2D eigenvalue weighted by atomic mass is 35.5. The Hall–Kier alpha value is -1.92. The van der Waals surface area contributed by atoms with Gasteiger partial charge in [-0.2, -0.15) is 15.0 Å². The number of benzene rings is 1. The lowest BCUT2D eigenvalue weighted by Gasteiger charge is -2.05. The maximum absolute atomic E-state index is 5.66. The van der Waals surface area contributed by atoms with Gasteiger partial charge in [-0.15, -0.1) is 0 Å². The van der Waals surface area contributed by atoms with Gasteiger partial charge in [-0.25, -0.2) is 0 Å². The van der Waals surface area contributed by atoms with Gasteiger partial charge in [-0.3, -0.25) is 0 Å². The standard InChI is InChI=1S/C10H10ClN5.C8H19N/c1-6-2-4-7(5-3-6)13-10-15-8(11)14-9(12)16-10;1-2-3-4-5-6-7-8-9/h2-5H,1H3,(H3,12,13,14,15,16);2-9H2,1H3. The second kappa shape index (κ2) is 12.4. The van der Waals surface area contributed by atoms with Crippen LogP contribution in [-0.2, 0) is 0 Å². The Morgan fingerprint density at radius 3 is 2.20 bits per heavy atom. The van der Waals surface area contributed by atoms with E-state index in [1.54, 1.807) is 0 Å². The molecule has 0 amide bonds. The molecule has 0 aliphatic heterocycles. The van der Waals surface area contributed by atoms with Crippen LogP contribution in [0.25, 0.3) is 0 Å². The SMILES string of the molecule is CCCCCCCCN.Cc1ccc(Nc2nc(N)nc(Cl)n2)cc1. The van der Waals surface area contributed by atoms with Crippen LogP contribution in [0.2, 0.25) is 5.28 Å². The Balaban J connectivity index is 0.000000299. The summed E-state index contributed by atoms with van der Waals surface area (Å²) in [6, 6.07) is 7.80. The van der Waals surface area contributed by atoms with Crippen molar-refractivity contribution in [2.75, 3.05) is 17.6 Å². The van der Waals surface area contributed by atoms with E-state index in [1.165, 1.54) is 44.1 Å². The molecule has 0 fully saturated rings. The third-order valence-electron chi connectivity index (χ3n) is 3.49. The molecule has 0 saturated carbocycles. The van der Waals surface area contributed by atoms with Crippen molar-refractivity contribution in [2.45, 2.75) is 52.4 Å². The zero-order valence-electron chi connectivity index (χ0n) is 15.1. The van der Waals surface area contributed by atoms with Gasteiger partial charge in [0.1, 0.15) is 0 Å². The van der Waals surface area contributed by atoms with E-state index in [1.807, 2.05) is 31.2 Å². The number of unbranched alkanes of at least 4 members (excludes halogenated alkanes) is 5. The zero-order chi connectivity index (χ0) is 18.5. The van der Waals surface area contributed by atoms with Gasteiger partial charge in [0.25, 0.3) is 0 Å². The Labute approximate surface area is 155 Å². The molecule has 0 saturated heterocycles. The quantitative estimate of drug-likeness (QED) is 0.597. The van der Waals surface area contributed by atoms with Crippen molar-refractivity contribution < 1.29 is 0 Å². The predicted molar refractivity (Wildman–Crippen MR) is 106 cm³/mol. The zero-order valence-corrected chi connectivity index (χ0v) is 15.9. The second-order valence-electron chi connectivity index (χ2n) is 5.83. The van der Waals surface area contributed by atoms with Gasteiger partial charge in [0.15, 0.2) is 0 Å². The Kier molecular flexibility index (Phi) is 10.5. The van der Waals surface area contributed by atoms with Gasteiger partial charge in [-0.1, -0.05) is 56.7 Å². The maximum Gasteiger partial charge on any atom is 0.233 e. The van der Waals surface area contributed by atoms with E-state index in [-0.39, 0.29) is 11.2 Å². The van der Waals surface area contributed by atoms with Gasteiger partial charge in [-0.05, 0) is 43.6 Å². The fourth-order valence-electron chi connectivity index (χ4n) is 2.11. The molecular formula is C18H29ClN6. The summed E-state index contributed by atoms with van der Waals surface area (Å²) in [6.45, 7) is 5.12. The first-order valence-corrected chi connectivity index (χ1v) is 9.13. The number of halogens is 1. The predicted octanol–water partition coefficient (Wildman–Crippen LogP) is 4.46. The molecular weight excluding hydrogens is 336 g/mol. The summed E-state index contributed by atoms with van der Waals surface area (Å²) < 4.78 is 0. The monoisotopic (exact) mass is 364 g/mol. The second-order valence-corrected chi connectivity index (χ2v) is 6.17. The van der Waals surface area contributed by atoms with Crippen LogP contribution >= 0.6 is 11.6 Å². The molecule has 1 heterocycles. The largest absolute Gasteiger partial charge is 0.368 e. The number of nitrogens with one attached hydrogen (secondary N) is 1. The van der Waals surface area contributed by atoms with E-state index in [9.17, 15) is 0 Å². The molecule has 0 radical (unpaired) electrons. The highest BCUT2D eigenvalue weighted by Crippen LogP contribution is 2.15. The highest BCUT2D eigenvalue weighted by Gasteiger charge is 2.02. The van der Waals surface area contributed by atoms with Crippen LogP contribution in [-0.4, -0.2) is 21.5 Å². The fraction of sp³-hybridized carbons (Fsp3) is 0.500. The van der Waals surface area contributed by atoms with E-state index in [4.69, 9.17) is 23.1 Å². The Morgan fingerprint density at radius 1 is 0.960 bits per heavy atom. The third-order valence-corrected chi connectivity index (χ3v) is 3.66. The van der Waals surface area contributed by atoms with Gasteiger partial charge >= 0.3 is 0 Å². The summed E-state index contributed by atoms with van der Waals surface area (Å²) in [4.78, 5) is 11.5. The highest BCUT2D eigenvalue weighted by molar-refractivity contribution is 6.28. The molecule has 138 valence electrons. The molecule has 7 heteroatoms. The number of rotatable bonds is 8. The number of hydrogen-bond acceptors (Lipinski definition) is 6. The molecule has 0 atom stereocenters. The van der Waals surface area contributed by atoms with Gasteiger partial charge in [0, 0.05) is 5.69 Å². The van der Waals surface area contributed by atoms with Crippen molar-refractivity contribution in [3.63, 3.8) is 0 Å². The molecule has 5 N–H and O–H groups in total. The normalized spacial score (nSPS) is 10.1. The summed E-state index contributed by atoms with van der Waals surface area (Å²) >= 11 is 5.66. The van der Waals surface area contributed by atoms with Crippen molar-refractivity contribution in [3.05, 3.63) is 35.1 Å². The first-order valence-electron chi connectivity index (χ1n) is 8.76. The first kappa shape index (κ1) is 21.1. The van der Waals surface area contributed by atoms with Crippen molar-refractivity contribution in [1.82, 2.24) is 15.0 Å². The van der Waals surface area contributed by atoms with Crippen LogP contribution in [0, 0.1) is 6.92 Å². The smallest absolute Gasteiger partial charge is 0.233 e. The summed E-state index contributed by atoms with van der Waals surface area (Å²) in [6.07, 6.45) is 8.05. The molecule has 0 bridgehead atoms. The van der Waals surface area contributed by atoms with E-state index < -0.39 is 0 Å². The summed E-state index contributed by atoms with van der Waals surface area (Å²) in [5, 5.41) is 3.06. The minimum absolute atomic E-state index is 0.0714. The number of nitrogens with zero attached hydrogens (tertiary/aromatic N) is 3. The number of aromatic nitrogens is 3. The molecule has 0 aliphatic rings. The lowest BCUT2D eigenvalue weighted by atomic mass is 10.1. The average molecular weight is 365 g/mol. The number of aryl methyl sites for hydroxylation is 1. The molecule has 6 nitrogen and oxygen atoms in total. The van der Waals surface area contributed by atoms with E-state index >= 15 is 0 Å². The van der Waals surface area contributed by atoms with Crippen LogP contribution in [0.5, 0.6) is 0 Å². The lowest BCUT2D eigenvalue weighted by Crippen LogP contribution is -2.03. The molecule has 1 aromatic heterocycles. The van der Waals surface area contributed by atoms with E-state index in [0.29, 0.717) is 5.95 Å². The Bertz CT molecular complexity index is 577. The third kappa shape index (κ3) is 9.84. The lowest BCUT2D eigenvalue weighted by molar-refractivity contribution is 0.612. The van der Waals surface area contributed by atoms with Gasteiger partial charge in [0.2, 0.25) is 17.2 Å². The topological polar surface area (TPSA) is 103 Å². The molecule has 1 aromatic carbocycles. The van der Waals surface area contributed by atoms with E-state index in [0.717, 1.165) is 12.2 Å². The van der Waals surface area contributed by atoms with Crippen molar-refractivity contribution in [3.8, 4) is 0 Å². The maximum atomic E-state index is 5.66. The minimum Gasteiger partial charge on any atom is -0.368 e. The first-order chi connectivity index (χ1) is 12.0. The number of hydrogen-bond donors (Lipinski definition) is 3. The van der Waals surface area contributed by atoms with Crippen LogP contribution in [0.1, 0.15) is 51.0 Å². The van der Waals surface area contributed by atoms with Crippen LogP contribution in [0.4, 0.5) is 17.6 Å². The molecule has 25 heavy (non-hydrogen) atoms. The van der Waals surface area contributed by atoms with Gasteiger partial charge in [0.05, 0.1) is 0 Å². The molecule has 0 unspecified atom stereocenters. The number of nitrogens with two attached hydrogens (primary N) is 2. The minimum atomic E-state index is 0.0714. The fourth-order valence-corrected chi connectivity index (χ4v) is 2.28. The van der Waals surface area contributed by atoms with Crippen LogP contribution < -0.4 is 16.8 Å². The summed E-state index contributed by atoms with van der Waals surface area (Å²) in [5.41, 5.74) is 12.8. The number of nitrogen functional groups attached to an aromatic ring is 1. The van der Waals surface area contributed by atoms with E-state index in [2.05, 4.69) is 27.2 Å². The molecule has 2 aromatic rings. The molecule has 0 spiro atoms.